The monoisotopic (exact) mass is 284 g/mol. The zero-order valence-electron chi connectivity index (χ0n) is 11.5. The Kier molecular flexibility index (Phi) is 7.36. The lowest BCUT2D eigenvalue weighted by Crippen LogP contribution is -2.41. The summed E-state index contributed by atoms with van der Waals surface area (Å²) in [5, 5.41) is 8.72. The molecule has 0 aromatic rings. The second-order valence-corrected chi connectivity index (χ2v) is 5.36. The highest BCUT2D eigenvalue weighted by molar-refractivity contribution is 5.76. The molecule has 0 atom stereocenters. The van der Waals surface area contributed by atoms with Crippen molar-refractivity contribution < 1.29 is 23.1 Å². The van der Waals surface area contributed by atoms with Crippen molar-refractivity contribution in [2.24, 2.45) is 11.1 Å². The van der Waals surface area contributed by atoms with Gasteiger partial charge in [0.25, 0.3) is 0 Å². The fraction of sp³-hybridized carbons (Fsp3) is 0.917. The average molecular weight is 284 g/mol. The van der Waals surface area contributed by atoms with Crippen molar-refractivity contribution in [1.82, 2.24) is 4.90 Å². The van der Waals surface area contributed by atoms with E-state index in [2.05, 4.69) is 0 Å². The SMILES string of the molecule is CC(C)(CCN)CCC(=O)N(CCO)CC(F)(F)F. The second kappa shape index (κ2) is 7.69. The standard InChI is InChI=1S/C12H23F3N2O2/c1-11(2,5-6-16)4-3-10(19)17(7-8-18)9-12(13,14)15/h18H,3-9,16H2,1-2H3. The van der Waals surface area contributed by atoms with Gasteiger partial charge in [0.05, 0.1) is 6.61 Å². The molecule has 0 aliphatic carbocycles. The van der Waals surface area contributed by atoms with Crippen molar-refractivity contribution in [2.45, 2.75) is 39.3 Å². The maximum atomic E-state index is 12.3. The molecule has 0 saturated heterocycles. The molecule has 4 nitrogen and oxygen atoms in total. The Balaban J connectivity index is 4.41. The number of nitrogens with two attached hydrogens (primary N) is 1. The molecule has 7 heteroatoms. The first-order valence-corrected chi connectivity index (χ1v) is 6.27. The average Bonchev–Trinajstić information content (AvgIpc) is 2.23. The third kappa shape index (κ3) is 8.83. The first kappa shape index (κ1) is 18.2. The molecule has 0 heterocycles. The van der Waals surface area contributed by atoms with Crippen LogP contribution >= 0.6 is 0 Å². The third-order valence-electron chi connectivity index (χ3n) is 2.93. The summed E-state index contributed by atoms with van der Waals surface area (Å²) in [5.74, 6) is -0.587. The summed E-state index contributed by atoms with van der Waals surface area (Å²) >= 11 is 0. The van der Waals surface area contributed by atoms with Gasteiger partial charge in [-0.05, 0) is 24.8 Å². The number of hydrogen-bond donors (Lipinski definition) is 2. The van der Waals surface area contributed by atoms with E-state index in [4.69, 9.17) is 10.8 Å². The molecule has 114 valence electrons. The number of aliphatic hydroxyl groups excluding tert-OH is 1. The maximum absolute atomic E-state index is 12.3. The lowest BCUT2D eigenvalue weighted by molar-refractivity contribution is -0.162. The normalized spacial score (nSPS) is 12.6. The Hall–Kier alpha value is -0.820. The minimum absolute atomic E-state index is 0.0308. The van der Waals surface area contributed by atoms with Gasteiger partial charge in [0.1, 0.15) is 6.54 Å². The molecule has 19 heavy (non-hydrogen) atoms. The van der Waals surface area contributed by atoms with Gasteiger partial charge >= 0.3 is 6.18 Å². The van der Waals surface area contributed by atoms with Gasteiger partial charge in [0, 0.05) is 13.0 Å². The van der Waals surface area contributed by atoms with Crippen molar-refractivity contribution in [3.05, 3.63) is 0 Å². The minimum Gasteiger partial charge on any atom is -0.395 e. The van der Waals surface area contributed by atoms with Crippen molar-refractivity contribution in [3.63, 3.8) is 0 Å². The van der Waals surface area contributed by atoms with E-state index in [9.17, 15) is 18.0 Å². The van der Waals surface area contributed by atoms with Gasteiger partial charge in [0.2, 0.25) is 5.91 Å². The Morgan fingerprint density at radius 1 is 1.26 bits per heavy atom. The molecule has 1 amide bonds. The van der Waals surface area contributed by atoms with Crippen LogP contribution in [-0.2, 0) is 4.79 Å². The van der Waals surface area contributed by atoms with Crippen LogP contribution < -0.4 is 5.73 Å². The molecule has 0 radical (unpaired) electrons. The first-order chi connectivity index (χ1) is 8.61. The number of rotatable bonds is 8. The second-order valence-electron chi connectivity index (χ2n) is 5.36. The molecule has 0 spiro atoms. The Morgan fingerprint density at radius 3 is 2.26 bits per heavy atom. The summed E-state index contributed by atoms with van der Waals surface area (Å²) in [7, 11) is 0. The Labute approximate surface area is 111 Å². The number of halogens is 3. The fourth-order valence-corrected chi connectivity index (χ4v) is 1.75. The summed E-state index contributed by atoms with van der Waals surface area (Å²) in [6.07, 6.45) is -3.23. The van der Waals surface area contributed by atoms with Gasteiger partial charge in [0.15, 0.2) is 0 Å². The zero-order valence-corrected chi connectivity index (χ0v) is 11.5. The fourth-order valence-electron chi connectivity index (χ4n) is 1.75. The number of alkyl halides is 3. The van der Waals surface area contributed by atoms with E-state index in [0.29, 0.717) is 24.3 Å². The molecule has 0 aromatic heterocycles. The Morgan fingerprint density at radius 2 is 1.84 bits per heavy atom. The molecule has 0 rings (SSSR count). The molecule has 0 aliphatic rings. The quantitative estimate of drug-likeness (QED) is 0.710. The van der Waals surface area contributed by atoms with Crippen LogP contribution in [0.2, 0.25) is 0 Å². The van der Waals surface area contributed by atoms with Gasteiger partial charge < -0.3 is 15.7 Å². The van der Waals surface area contributed by atoms with Gasteiger partial charge in [-0.2, -0.15) is 13.2 Å². The van der Waals surface area contributed by atoms with Crippen LogP contribution in [0.1, 0.15) is 33.1 Å². The van der Waals surface area contributed by atoms with Crippen molar-refractivity contribution in [2.75, 3.05) is 26.2 Å². The largest absolute Gasteiger partial charge is 0.406 e. The molecule has 0 unspecified atom stereocenters. The summed E-state index contributed by atoms with van der Waals surface area (Å²) < 4.78 is 36.9. The van der Waals surface area contributed by atoms with Gasteiger partial charge in [-0.15, -0.1) is 0 Å². The lowest BCUT2D eigenvalue weighted by atomic mass is 9.84. The van der Waals surface area contributed by atoms with E-state index < -0.39 is 25.2 Å². The van der Waals surface area contributed by atoms with Crippen molar-refractivity contribution in [3.8, 4) is 0 Å². The number of aliphatic hydroxyl groups is 1. The maximum Gasteiger partial charge on any atom is 0.406 e. The lowest BCUT2D eigenvalue weighted by Gasteiger charge is -2.27. The van der Waals surface area contributed by atoms with Gasteiger partial charge in [-0.25, -0.2) is 0 Å². The van der Waals surface area contributed by atoms with E-state index >= 15 is 0 Å². The van der Waals surface area contributed by atoms with E-state index in [-0.39, 0.29) is 18.4 Å². The Bertz CT molecular complexity index is 281. The number of nitrogens with zero attached hydrogens (tertiary/aromatic N) is 1. The minimum atomic E-state index is -4.45. The highest BCUT2D eigenvalue weighted by Crippen LogP contribution is 2.26. The summed E-state index contributed by atoms with van der Waals surface area (Å²) in [6, 6.07) is 0. The van der Waals surface area contributed by atoms with E-state index in [1.165, 1.54) is 0 Å². The number of carbonyl (C=O) groups is 1. The molecule has 0 saturated carbocycles. The van der Waals surface area contributed by atoms with Gasteiger partial charge in [-0.1, -0.05) is 13.8 Å². The first-order valence-electron chi connectivity index (χ1n) is 6.27. The van der Waals surface area contributed by atoms with E-state index in [1.54, 1.807) is 0 Å². The van der Waals surface area contributed by atoms with Crippen molar-refractivity contribution >= 4 is 5.91 Å². The van der Waals surface area contributed by atoms with Crippen LogP contribution in [0.25, 0.3) is 0 Å². The van der Waals surface area contributed by atoms with E-state index in [0.717, 1.165) is 0 Å². The predicted molar refractivity (Wildman–Crippen MR) is 66.4 cm³/mol. The molecular formula is C12H23F3N2O2. The number of amides is 1. The predicted octanol–water partition coefficient (Wildman–Crippen LogP) is 1.52. The van der Waals surface area contributed by atoms with Gasteiger partial charge in [-0.3, -0.25) is 4.79 Å². The third-order valence-corrected chi connectivity index (χ3v) is 2.93. The molecule has 0 aliphatic heterocycles. The van der Waals surface area contributed by atoms with Crippen LogP contribution in [-0.4, -0.2) is 48.3 Å². The van der Waals surface area contributed by atoms with Crippen molar-refractivity contribution in [1.29, 1.82) is 0 Å². The molecule has 0 bridgehead atoms. The molecular weight excluding hydrogens is 261 g/mol. The highest BCUT2D eigenvalue weighted by Gasteiger charge is 2.33. The molecule has 0 aromatic carbocycles. The highest BCUT2D eigenvalue weighted by atomic mass is 19.4. The summed E-state index contributed by atoms with van der Waals surface area (Å²) in [4.78, 5) is 12.4. The summed E-state index contributed by atoms with van der Waals surface area (Å²) in [6.45, 7) is 2.23. The smallest absolute Gasteiger partial charge is 0.395 e. The summed E-state index contributed by atoms with van der Waals surface area (Å²) in [5.41, 5.74) is 5.26. The van der Waals surface area contributed by atoms with Crippen LogP contribution in [0.5, 0.6) is 0 Å². The zero-order chi connectivity index (χ0) is 15.1. The number of hydrogen-bond acceptors (Lipinski definition) is 3. The molecule has 0 fully saturated rings. The topological polar surface area (TPSA) is 66.6 Å². The van der Waals surface area contributed by atoms with Crippen LogP contribution in [0.15, 0.2) is 0 Å². The van der Waals surface area contributed by atoms with Crippen LogP contribution in [0.4, 0.5) is 13.2 Å². The number of carbonyl (C=O) groups excluding carboxylic acids is 1. The molecule has 3 N–H and O–H groups in total. The van der Waals surface area contributed by atoms with E-state index in [1.807, 2.05) is 13.8 Å². The van der Waals surface area contributed by atoms with Crippen LogP contribution in [0, 0.1) is 5.41 Å². The van der Waals surface area contributed by atoms with Crippen LogP contribution in [0.3, 0.4) is 0 Å².